The van der Waals surface area contributed by atoms with Gasteiger partial charge in [0.15, 0.2) is 6.61 Å². The number of carbonyl (C=O) groups is 1. The predicted molar refractivity (Wildman–Crippen MR) is 70.4 cm³/mol. The first-order valence-corrected chi connectivity index (χ1v) is 6.69. The van der Waals surface area contributed by atoms with E-state index in [-0.39, 0.29) is 24.5 Å². The summed E-state index contributed by atoms with van der Waals surface area (Å²) in [5.41, 5.74) is 0.588. The molecule has 1 aromatic heterocycles. The molecule has 0 bridgehead atoms. The molecule has 9 heteroatoms. The third-order valence-corrected chi connectivity index (χ3v) is 2.90. The summed E-state index contributed by atoms with van der Waals surface area (Å²) in [6, 6.07) is 2.57. The number of alkyl halides is 3. The number of halogens is 3. The Labute approximate surface area is 125 Å². The van der Waals surface area contributed by atoms with Crippen LogP contribution in [0.25, 0.3) is 0 Å². The number of rotatable bonds is 5. The second kappa shape index (κ2) is 7.30. The van der Waals surface area contributed by atoms with Crippen LogP contribution in [0.3, 0.4) is 0 Å². The first-order chi connectivity index (χ1) is 10.4. The van der Waals surface area contributed by atoms with Crippen LogP contribution in [0.2, 0.25) is 0 Å². The van der Waals surface area contributed by atoms with Gasteiger partial charge in [-0.1, -0.05) is 0 Å². The number of urea groups is 1. The maximum Gasteiger partial charge on any atom is 0.422 e. The number of nitrogens with zero attached hydrogens (tertiary/aromatic N) is 1. The van der Waals surface area contributed by atoms with Crippen molar-refractivity contribution in [3.05, 3.63) is 23.9 Å². The molecule has 22 heavy (non-hydrogen) atoms. The van der Waals surface area contributed by atoms with Crippen LogP contribution in [0.15, 0.2) is 18.3 Å². The van der Waals surface area contributed by atoms with Crippen molar-refractivity contribution in [3.8, 4) is 5.88 Å². The SMILES string of the molecule is O=C(NCc1ccnc(OCC(F)(F)F)c1)NC1CCOC1. The second-order valence-corrected chi connectivity index (χ2v) is 4.79. The molecule has 6 nitrogen and oxygen atoms in total. The molecule has 2 heterocycles. The molecule has 2 rings (SSSR count). The molecule has 1 fully saturated rings. The van der Waals surface area contributed by atoms with Crippen LogP contribution in [0.4, 0.5) is 18.0 Å². The van der Waals surface area contributed by atoms with Gasteiger partial charge < -0.3 is 20.1 Å². The first kappa shape index (κ1) is 16.3. The van der Waals surface area contributed by atoms with E-state index in [1.54, 1.807) is 6.07 Å². The molecule has 1 aliphatic rings. The second-order valence-electron chi connectivity index (χ2n) is 4.79. The standard InChI is InChI=1S/C13H16F3N3O3/c14-13(15,16)8-22-11-5-9(1-3-17-11)6-18-12(20)19-10-2-4-21-7-10/h1,3,5,10H,2,4,6-8H2,(H2,18,19,20). The van der Waals surface area contributed by atoms with Gasteiger partial charge in [0.05, 0.1) is 12.6 Å². The molecule has 1 aromatic rings. The zero-order valence-corrected chi connectivity index (χ0v) is 11.7. The molecule has 0 aliphatic carbocycles. The summed E-state index contributed by atoms with van der Waals surface area (Å²) in [6.45, 7) is -0.142. The summed E-state index contributed by atoms with van der Waals surface area (Å²) in [7, 11) is 0. The fourth-order valence-corrected chi connectivity index (χ4v) is 1.86. The summed E-state index contributed by atoms with van der Waals surface area (Å²) >= 11 is 0. The minimum absolute atomic E-state index is 0.0110. The van der Waals surface area contributed by atoms with Crippen molar-refractivity contribution in [2.75, 3.05) is 19.8 Å². The Kier molecular flexibility index (Phi) is 5.42. The molecule has 0 saturated carbocycles. The smallest absolute Gasteiger partial charge is 0.422 e. The van der Waals surface area contributed by atoms with Crippen molar-refractivity contribution in [2.24, 2.45) is 0 Å². The van der Waals surface area contributed by atoms with E-state index in [0.29, 0.717) is 18.8 Å². The van der Waals surface area contributed by atoms with Crippen molar-refractivity contribution in [1.82, 2.24) is 15.6 Å². The molecule has 0 aromatic carbocycles. The highest BCUT2D eigenvalue weighted by Gasteiger charge is 2.28. The highest BCUT2D eigenvalue weighted by atomic mass is 19.4. The molecular formula is C13H16F3N3O3. The Balaban J connectivity index is 1.78. The van der Waals surface area contributed by atoms with Crippen LogP contribution < -0.4 is 15.4 Å². The molecule has 122 valence electrons. The van der Waals surface area contributed by atoms with Gasteiger partial charge >= 0.3 is 12.2 Å². The van der Waals surface area contributed by atoms with E-state index in [0.717, 1.165) is 6.42 Å². The van der Waals surface area contributed by atoms with E-state index in [1.807, 2.05) is 0 Å². The van der Waals surface area contributed by atoms with E-state index in [4.69, 9.17) is 4.74 Å². The highest BCUT2D eigenvalue weighted by molar-refractivity contribution is 5.74. The largest absolute Gasteiger partial charge is 0.468 e. The minimum Gasteiger partial charge on any atom is -0.468 e. The normalized spacial score (nSPS) is 18.0. The Morgan fingerprint density at radius 1 is 1.50 bits per heavy atom. The van der Waals surface area contributed by atoms with Crippen LogP contribution in [0.1, 0.15) is 12.0 Å². The lowest BCUT2D eigenvalue weighted by atomic mass is 10.2. The van der Waals surface area contributed by atoms with Gasteiger partial charge in [-0.15, -0.1) is 0 Å². The summed E-state index contributed by atoms with van der Waals surface area (Å²) in [5, 5.41) is 5.35. The summed E-state index contributed by atoms with van der Waals surface area (Å²) in [5.74, 6) is -0.138. The minimum atomic E-state index is -4.42. The van der Waals surface area contributed by atoms with Gasteiger partial charge in [-0.05, 0) is 18.1 Å². The van der Waals surface area contributed by atoms with E-state index < -0.39 is 12.8 Å². The van der Waals surface area contributed by atoms with E-state index >= 15 is 0 Å². The lowest BCUT2D eigenvalue weighted by Gasteiger charge is -2.12. The summed E-state index contributed by atoms with van der Waals surface area (Å²) in [4.78, 5) is 15.3. The molecule has 1 aliphatic heterocycles. The maximum atomic E-state index is 12.1. The lowest BCUT2D eigenvalue weighted by Crippen LogP contribution is -2.42. The molecule has 0 spiro atoms. The number of nitrogens with one attached hydrogen (secondary N) is 2. The fourth-order valence-electron chi connectivity index (χ4n) is 1.86. The Morgan fingerprint density at radius 3 is 3.00 bits per heavy atom. The van der Waals surface area contributed by atoms with Gasteiger partial charge in [-0.2, -0.15) is 13.2 Å². The molecule has 1 atom stereocenters. The van der Waals surface area contributed by atoms with Crippen LogP contribution in [-0.4, -0.2) is 43.1 Å². The highest BCUT2D eigenvalue weighted by Crippen LogP contribution is 2.17. The third-order valence-electron chi connectivity index (χ3n) is 2.90. The maximum absolute atomic E-state index is 12.1. The van der Waals surface area contributed by atoms with Gasteiger partial charge in [0, 0.05) is 25.4 Å². The molecule has 1 saturated heterocycles. The topological polar surface area (TPSA) is 72.5 Å². The average molecular weight is 319 g/mol. The van der Waals surface area contributed by atoms with Crippen LogP contribution >= 0.6 is 0 Å². The molecule has 2 N–H and O–H groups in total. The van der Waals surface area contributed by atoms with Crippen molar-refractivity contribution in [2.45, 2.75) is 25.2 Å². The molecule has 0 radical (unpaired) electrons. The van der Waals surface area contributed by atoms with Gasteiger partial charge in [0.1, 0.15) is 0 Å². The lowest BCUT2D eigenvalue weighted by molar-refractivity contribution is -0.154. The number of hydrogen-bond donors (Lipinski definition) is 2. The summed E-state index contributed by atoms with van der Waals surface area (Å²) in [6.07, 6.45) is -2.33. The van der Waals surface area contributed by atoms with Crippen molar-refractivity contribution in [1.29, 1.82) is 0 Å². The third kappa shape index (κ3) is 5.76. The van der Waals surface area contributed by atoms with E-state index in [2.05, 4.69) is 20.4 Å². The summed E-state index contributed by atoms with van der Waals surface area (Å²) < 4.78 is 45.9. The van der Waals surface area contributed by atoms with Gasteiger partial charge in [-0.25, -0.2) is 9.78 Å². The molecule has 1 unspecified atom stereocenters. The van der Waals surface area contributed by atoms with Crippen molar-refractivity contribution < 1.29 is 27.4 Å². The van der Waals surface area contributed by atoms with Crippen molar-refractivity contribution >= 4 is 6.03 Å². The zero-order valence-electron chi connectivity index (χ0n) is 11.7. The number of carbonyl (C=O) groups excluding carboxylic acids is 1. The van der Waals surface area contributed by atoms with Gasteiger partial charge in [0.2, 0.25) is 5.88 Å². The van der Waals surface area contributed by atoms with Crippen LogP contribution in [0, 0.1) is 0 Å². The average Bonchev–Trinajstić information content (AvgIpc) is 2.96. The number of amides is 2. The number of hydrogen-bond acceptors (Lipinski definition) is 4. The quantitative estimate of drug-likeness (QED) is 0.865. The first-order valence-electron chi connectivity index (χ1n) is 6.69. The van der Waals surface area contributed by atoms with E-state index in [1.165, 1.54) is 12.3 Å². The van der Waals surface area contributed by atoms with Gasteiger partial charge in [0.25, 0.3) is 0 Å². The zero-order chi connectivity index (χ0) is 16.0. The van der Waals surface area contributed by atoms with E-state index in [9.17, 15) is 18.0 Å². The molecule has 2 amide bonds. The fraction of sp³-hybridized carbons (Fsp3) is 0.538. The predicted octanol–water partition coefficient (Wildman–Crippen LogP) is 1.61. The molecular weight excluding hydrogens is 303 g/mol. The Bertz CT molecular complexity index is 505. The van der Waals surface area contributed by atoms with Crippen molar-refractivity contribution in [3.63, 3.8) is 0 Å². The van der Waals surface area contributed by atoms with Gasteiger partial charge in [-0.3, -0.25) is 0 Å². The number of aromatic nitrogens is 1. The van der Waals surface area contributed by atoms with Crippen LogP contribution in [-0.2, 0) is 11.3 Å². The van der Waals surface area contributed by atoms with Crippen LogP contribution in [0.5, 0.6) is 5.88 Å². The monoisotopic (exact) mass is 319 g/mol. The number of ether oxygens (including phenoxy) is 2. The Hall–Kier alpha value is -2.03. The number of pyridine rings is 1. The Morgan fingerprint density at radius 2 is 2.32 bits per heavy atom.